The molecule has 0 fully saturated rings. The number of benzene rings is 1. The van der Waals surface area contributed by atoms with Crippen LogP contribution in [0.3, 0.4) is 0 Å². The normalized spacial score (nSPS) is 11.0. The molecular weight excluding hydrogens is 296 g/mol. The van der Waals surface area contributed by atoms with Gasteiger partial charge in [0.05, 0.1) is 5.69 Å². The Morgan fingerprint density at radius 3 is 2.83 bits per heavy atom. The van der Waals surface area contributed by atoms with Crippen molar-refractivity contribution < 1.29 is 13.9 Å². The molecular formula is C16H14N4O3. The number of hydrogen-bond acceptors (Lipinski definition) is 6. The van der Waals surface area contributed by atoms with Gasteiger partial charge in [-0.1, -0.05) is 18.2 Å². The van der Waals surface area contributed by atoms with Crippen LogP contribution < -0.4 is 0 Å². The van der Waals surface area contributed by atoms with E-state index in [4.69, 9.17) is 9.15 Å². The van der Waals surface area contributed by atoms with E-state index < -0.39 is 5.97 Å². The van der Waals surface area contributed by atoms with Gasteiger partial charge in [-0.15, -0.1) is 5.10 Å². The van der Waals surface area contributed by atoms with Crippen molar-refractivity contribution in [3.63, 3.8) is 0 Å². The maximum Gasteiger partial charge on any atom is 0.331 e. The van der Waals surface area contributed by atoms with Gasteiger partial charge in [-0.05, 0) is 47.7 Å². The Kier molecular flexibility index (Phi) is 4.28. The van der Waals surface area contributed by atoms with Crippen molar-refractivity contribution >= 4 is 12.0 Å². The average molecular weight is 310 g/mol. The second kappa shape index (κ2) is 6.69. The van der Waals surface area contributed by atoms with Crippen molar-refractivity contribution in [1.29, 1.82) is 0 Å². The molecule has 3 aromatic rings. The Morgan fingerprint density at radius 2 is 2.09 bits per heavy atom. The Bertz CT molecular complexity index is 821. The fourth-order valence-corrected chi connectivity index (χ4v) is 1.94. The van der Waals surface area contributed by atoms with Gasteiger partial charge in [0.15, 0.2) is 12.4 Å². The lowest BCUT2D eigenvalue weighted by atomic mass is 10.3. The maximum absolute atomic E-state index is 11.7. The lowest BCUT2D eigenvalue weighted by molar-refractivity contribution is -0.139. The molecule has 0 unspecified atom stereocenters. The van der Waals surface area contributed by atoms with E-state index >= 15 is 0 Å². The predicted octanol–water partition coefficient (Wildman–Crippen LogP) is 2.32. The Hall–Kier alpha value is -3.22. The molecule has 0 aliphatic carbocycles. The summed E-state index contributed by atoms with van der Waals surface area (Å²) in [6.07, 6.45) is 2.85. The lowest BCUT2D eigenvalue weighted by Crippen LogP contribution is -2.08. The van der Waals surface area contributed by atoms with Gasteiger partial charge >= 0.3 is 5.97 Å². The summed E-state index contributed by atoms with van der Waals surface area (Å²) in [6.45, 7) is 1.81. The summed E-state index contributed by atoms with van der Waals surface area (Å²) < 4.78 is 12.0. The molecule has 0 aliphatic rings. The number of esters is 1. The Balaban J connectivity index is 1.62. The fourth-order valence-electron chi connectivity index (χ4n) is 1.94. The minimum atomic E-state index is -0.498. The average Bonchev–Trinajstić information content (AvgIpc) is 3.20. The number of rotatable bonds is 5. The highest BCUT2D eigenvalue weighted by molar-refractivity contribution is 5.86. The van der Waals surface area contributed by atoms with E-state index in [-0.39, 0.29) is 6.61 Å². The minimum absolute atomic E-state index is 0.0255. The highest BCUT2D eigenvalue weighted by atomic mass is 16.5. The van der Waals surface area contributed by atoms with Crippen LogP contribution in [0.5, 0.6) is 0 Å². The van der Waals surface area contributed by atoms with Crippen molar-refractivity contribution in [3.05, 3.63) is 65.9 Å². The number of hydrogen-bond donors (Lipinski definition) is 0. The standard InChI is InChI=1S/C16H14N4O3/c1-12-7-8-14(23-12)9-10-16(21)22-11-15-17-18-19-20(15)13-5-3-2-4-6-13/h2-10H,11H2,1H3. The van der Waals surface area contributed by atoms with E-state index in [1.165, 1.54) is 10.8 Å². The molecule has 0 atom stereocenters. The molecule has 7 heteroatoms. The van der Waals surface area contributed by atoms with E-state index in [0.717, 1.165) is 11.4 Å². The molecule has 0 amide bonds. The SMILES string of the molecule is Cc1ccc(C=CC(=O)OCc2nnnn2-c2ccccc2)o1. The van der Waals surface area contributed by atoms with Crippen LogP contribution in [0.4, 0.5) is 0 Å². The molecule has 2 heterocycles. The van der Waals surface area contributed by atoms with Crippen LogP contribution in [0.15, 0.2) is 53.0 Å². The predicted molar refractivity (Wildman–Crippen MR) is 81.4 cm³/mol. The van der Waals surface area contributed by atoms with Crippen LogP contribution in [-0.4, -0.2) is 26.2 Å². The van der Waals surface area contributed by atoms with Gasteiger partial charge in [0.1, 0.15) is 11.5 Å². The molecule has 0 saturated carbocycles. The monoisotopic (exact) mass is 310 g/mol. The van der Waals surface area contributed by atoms with Crippen LogP contribution >= 0.6 is 0 Å². The molecule has 116 valence electrons. The zero-order valence-corrected chi connectivity index (χ0v) is 12.4. The molecule has 1 aromatic carbocycles. The van der Waals surface area contributed by atoms with E-state index in [2.05, 4.69) is 15.5 Å². The van der Waals surface area contributed by atoms with Crippen LogP contribution in [0.25, 0.3) is 11.8 Å². The smallest absolute Gasteiger partial charge is 0.331 e. The number of para-hydroxylation sites is 1. The first-order valence-corrected chi connectivity index (χ1v) is 6.96. The molecule has 7 nitrogen and oxygen atoms in total. The van der Waals surface area contributed by atoms with Gasteiger partial charge in [-0.25, -0.2) is 4.79 Å². The minimum Gasteiger partial charge on any atom is -0.462 e. The second-order valence-electron chi connectivity index (χ2n) is 4.73. The van der Waals surface area contributed by atoms with Crippen molar-refractivity contribution in [1.82, 2.24) is 20.2 Å². The number of furan rings is 1. The molecule has 23 heavy (non-hydrogen) atoms. The third-order valence-corrected chi connectivity index (χ3v) is 3.02. The zero-order chi connectivity index (χ0) is 16.1. The number of aryl methyl sites for hydroxylation is 1. The molecule has 0 radical (unpaired) electrons. The van der Waals surface area contributed by atoms with Gasteiger partial charge < -0.3 is 9.15 Å². The van der Waals surface area contributed by atoms with E-state index in [1.807, 2.05) is 43.3 Å². The third-order valence-electron chi connectivity index (χ3n) is 3.02. The molecule has 0 spiro atoms. The van der Waals surface area contributed by atoms with Gasteiger partial charge in [0.25, 0.3) is 0 Å². The van der Waals surface area contributed by atoms with Gasteiger partial charge in [-0.2, -0.15) is 4.68 Å². The number of carbonyl (C=O) groups excluding carboxylic acids is 1. The molecule has 0 aliphatic heterocycles. The second-order valence-corrected chi connectivity index (χ2v) is 4.73. The largest absolute Gasteiger partial charge is 0.462 e. The van der Waals surface area contributed by atoms with E-state index in [9.17, 15) is 4.79 Å². The number of aromatic nitrogens is 4. The molecule has 2 aromatic heterocycles. The Morgan fingerprint density at radius 1 is 1.26 bits per heavy atom. The molecule has 3 rings (SSSR count). The first kappa shape index (κ1) is 14.7. The Labute approximate surface area is 132 Å². The van der Waals surface area contributed by atoms with Crippen molar-refractivity contribution in [2.75, 3.05) is 0 Å². The summed E-state index contributed by atoms with van der Waals surface area (Å²) in [6, 6.07) is 13.0. The van der Waals surface area contributed by atoms with Gasteiger partial charge in [0.2, 0.25) is 0 Å². The van der Waals surface area contributed by atoms with E-state index in [1.54, 1.807) is 12.1 Å². The summed E-state index contributed by atoms with van der Waals surface area (Å²) in [4.78, 5) is 11.7. The summed E-state index contributed by atoms with van der Waals surface area (Å²) >= 11 is 0. The molecule has 0 N–H and O–H groups in total. The van der Waals surface area contributed by atoms with Crippen LogP contribution in [0, 0.1) is 6.92 Å². The zero-order valence-electron chi connectivity index (χ0n) is 12.4. The first-order chi connectivity index (χ1) is 11.2. The number of tetrazole rings is 1. The number of nitrogens with zero attached hydrogens (tertiary/aromatic N) is 4. The maximum atomic E-state index is 11.7. The fraction of sp³-hybridized carbons (Fsp3) is 0.125. The van der Waals surface area contributed by atoms with Crippen LogP contribution in [0.2, 0.25) is 0 Å². The first-order valence-electron chi connectivity index (χ1n) is 6.96. The number of carbonyl (C=O) groups is 1. The highest BCUT2D eigenvalue weighted by Gasteiger charge is 2.09. The van der Waals surface area contributed by atoms with Crippen LogP contribution in [-0.2, 0) is 16.1 Å². The van der Waals surface area contributed by atoms with Crippen LogP contribution in [0.1, 0.15) is 17.3 Å². The topological polar surface area (TPSA) is 83.0 Å². The molecule has 0 bridgehead atoms. The van der Waals surface area contributed by atoms with E-state index in [0.29, 0.717) is 11.6 Å². The van der Waals surface area contributed by atoms with Crippen molar-refractivity contribution in [3.8, 4) is 5.69 Å². The van der Waals surface area contributed by atoms with Gasteiger partial charge in [-0.3, -0.25) is 0 Å². The summed E-state index contributed by atoms with van der Waals surface area (Å²) in [7, 11) is 0. The van der Waals surface area contributed by atoms with Crippen molar-refractivity contribution in [2.45, 2.75) is 13.5 Å². The summed E-state index contributed by atoms with van der Waals surface area (Å²) in [5, 5.41) is 11.4. The number of ether oxygens (including phenoxy) is 1. The summed E-state index contributed by atoms with van der Waals surface area (Å²) in [5.41, 5.74) is 0.796. The summed E-state index contributed by atoms with van der Waals surface area (Å²) in [5.74, 6) is 1.31. The quantitative estimate of drug-likeness (QED) is 0.531. The van der Waals surface area contributed by atoms with Gasteiger partial charge in [0, 0.05) is 6.08 Å². The molecule has 0 saturated heterocycles. The third kappa shape index (κ3) is 3.70. The lowest BCUT2D eigenvalue weighted by Gasteiger charge is -2.04. The highest BCUT2D eigenvalue weighted by Crippen LogP contribution is 2.09. The van der Waals surface area contributed by atoms with Crippen molar-refractivity contribution in [2.24, 2.45) is 0 Å².